The number of carbonyl (C=O) groups excluding carboxylic acids is 2. The zero-order valence-corrected chi connectivity index (χ0v) is 59.0. The lowest BCUT2D eigenvalue weighted by Crippen LogP contribution is -2.37. The monoisotopic (exact) mass is 1220 g/mol. The second kappa shape index (κ2) is 67.4. The highest BCUT2D eigenvalue weighted by molar-refractivity contribution is 7.45. The maximum absolute atomic E-state index is 12.9. The van der Waals surface area contributed by atoms with Gasteiger partial charge in [0.1, 0.15) is 19.8 Å². The van der Waals surface area contributed by atoms with Crippen LogP contribution in [0.3, 0.4) is 0 Å². The Morgan fingerprint density at radius 2 is 0.529 bits per heavy atom. The molecule has 0 aliphatic rings. The van der Waals surface area contributed by atoms with Crippen molar-refractivity contribution >= 4 is 19.8 Å². The van der Waals surface area contributed by atoms with Gasteiger partial charge in [0.25, 0.3) is 7.82 Å². The Kier molecular flexibility index (Phi) is 66.6. The van der Waals surface area contributed by atoms with Crippen LogP contribution in [0.1, 0.15) is 418 Å². The van der Waals surface area contributed by atoms with Crippen LogP contribution in [0.4, 0.5) is 0 Å². The maximum atomic E-state index is 12.9. The number of phosphoric ester groups is 1. The first kappa shape index (κ1) is 84.0. The Hall–Kier alpha value is -0.990. The second-order valence-corrected chi connectivity index (χ2v) is 29.2. The Bertz CT molecular complexity index is 1390. The van der Waals surface area contributed by atoms with Crippen LogP contribution in [0.15, 0.2) is 0 Å². The zero-order chi connectivity index (χ0) is 61.9. The van der Waals surface area contributed by atoms with Crippen LogP contribution in [0, 0.1) is 0 Å². The van der Waals surface area contributed by atoms with Gasteiger partial charge in [0.2, 0.25) is 0 Å². The summed E-state index contributed by atoms with van der Waals surface area (Å²) in [5, 5.41) is 0. The van der Waals surface area contributed by atoms with Gasteiger partial charge in [-0.15, -0.1) is 0 Å². The molecule has 0 aromatic heterocycles. The van der Waals surface area contributed by atoms with Gasteiger partial charge in [-0.2, -0.15) is 0 Å². The van der Waals surface area contributed by atoms with Crippen molar-refractivity contribution in [1.29, 1.82) is 0 Å². The van der Waals surface area contributed by atoms with E-state index in [0.29, 0.717) is 17.4 Å². The van der Waals surface area contributed by atoms with Gasteiger partial charge in [0, 0.05) is 12.8 Å². The fourth-order valence-corrected chi connectivity index (χ4v) is 12.7. The number of phosphoric acid groups is 1. The Labute approximate surface area is 531 Å². The molecule has 0 fully saturated rings. The molecule has 0 radical (unpaired) electrons. The predicted octanol–water partition coefficient (Wildman–Crippen LogP) is 24.3. The number of nitrogens with zero attached hydrogens (tertiary/aromatic N) is 1. The third-order valence-corrected chi connectivity index (χ3v) is 18.8. The van der Waals surface area contributed by atoms with E-state index in [1.54, 1.807) is 0 Å². The molecule has 2 unspecified atom stereocenters. The number of unbranched alkanes of at least 4 members (excludes halogenated alkanes) is 59. The first-order chi connectivity index (χ1) is 41.5. The van der Waals surface area contributed by atoms with E-state index in [-0.39, 0.29) is 32.0 Å². The van der Waals surface area contributed by atoms with Crippen molar-refractivity contribution in [2.75, 3.05) is 47.5 Å². The van der Waals surface area contributed by atoms with Crippen molar-refractivity contribution in [3.8, 4) is 0 Å². The molecule has 2 atom stereocenters. The molecule has 0 bridgehead atoms. The first-order valence-corrected chi connectivity index (χ1v) is 39.7. The molecule has 0 spiro atoms. The van der Waals surface area contributed by atoms with Crippen molar-refractivity contribution in [3.05, 3.63) is 0 Å². The summed E-state index contributed by atoms with van der Waals surface area (Å²) in [5.74, 6) is -0.801. The normalized spacial score (nSPS) is 13.0. The highest BCUT2D eigenvalue weighted by atomic mass is 31.2. The smallest absolute Gasteiger partial charge is 0.306 e. The van der Waals surface area contributed by atoms with Crippen molar-refractivity contribution in [2.24, 2.45) is 0 Å². The number of hydrogen-bond acceptors (Lipinski definition) is 8. The van der Waals surface area contributed by atoms with E-state index in [1.165, 1.54) is 353 Å². The average molecular weight is 1220 g/mol. The van der Waals surface area contributed by atoms with E-state index >= 15 is 0 Å². The van der Waals surface area contributed by atoms with E-state index in [4.69, 9.17) is 18.5 Å². The molecule has 0 amide bonds. The SMILES string of the molecule is CCCCCCCCCCCCCCCCCCCCCCCCCCCCCCCCCC(=O)OC(COC(=O)CCCCCCCCCCCCCCCCCCCCCCCCCCCCCCCC)COP(=O)([O-])OCC[N+](C)(C)C. The van der Waals surface area contributed by atoms with Gasteiger partial charge in [-0.05, 0) is 12.8 Å². The molecule has 0 heterocycles. The highest BCUT2D eigenvalue weighted by Gasteiger charge is 2.22. The first-order valence-electron chi connectivity index (χ1n) is 38.2. The molecule has 0 aromatic rings. The van der Waals surface area contributed by atoms with Gasteiger partial charge in [-0.3, -0.25) is 14.2 Å². The van der Waals surface area contributed by atoms with E-state index < -0.39 is 26.5 Å². The van der Waals surface area contributed by atoms with Gasteiger partial charge < -0.3 is 27.9 Å². The Morgan fingerprint density at radius 3 is 0.753 bits per heavy atom. The summed E-state index contributed by atoms with van der Waals surface area (Å²) < 4.78 is 34.4. The van der Waals surface area contributed by atoms with Crippen LogP contribution < -0.4 is 4.89 Å². The minimum Gasteiger partial charge on any atom is -0.756 e. The predicted molar refractivity (Wildman–Crippen MR) is 365 cm³/mol. The molecule has 0 aromatic carbocycles. The number of quaternary nitrogens is 1. The summed E-state index contributed by atoms with van der Waals surface area (Å²) in [6, 6.07) is 0. The summed E-state index contributed by atoms with van der Waals surface area (Å²) in [6.07, 6.45) is 82.2. The van der Waals surface area contributed by atoms with Gasteiger partial charge in [0.05, 0.1) is 27.7 Å². The van der Waals surface area contributed by atoms with Crippen LogP contribution in [0.25, 0.3) is 0 Å². The molecule has 9 nitrogen and oxygen atoms in total. The second-order valence-electron chi connectivity index (χ2n) is 27.7. The van der Waals surface area contributed by atoms with E-state index in [1.807, 2.05) is 21.1 Å². The molecule has 0 saturated carbocycles. The van der Waals surface area contributed by atoms with Crippen molar-refractivity contribution in [1.82, 2.24) is 0 Å². The molecule has 0 aliphatic heterocycles. The summed E-state index contributed by atoms with van der Waals surface area (Å²) in [7, 11) is 1.20. The zero-order valence-electron chi connectivity index (χ0n) is 58.1. The van der Waals surface area contributed by atoms with Crippen molar-refractivity contribution < 1.29 is 42.1 Å². The molecular formula is C75H150NO8P. The lowest BCUT2D eigenvalue weighted by molar-refractivity contribution is -0.870. The van der Waals surface area contributed by atoms with Crippen molar-refractivity contribution in [2.45, 2.75) is 424 Å². The number of rotatable bonds is 73. The van der Waals surface area contributed by atoms with Crippen LogP contribution in [0.2, 0.25) is 0 Å². The van der Waals surface area contributed by atoms with E-state index in [0.717, 1.165) is 32.1 Å². The molecule has 10 heteroatoms. The van der Waals surface area contributed by atoms with Crippen molar-refractivity contribution in [3.63, 3.8) is 0 Å². The molecular weight excluding hydrogens is 1070 g/mol. The molecule has 0 rings (SSSR count). The summed E-state index contributed by atoms with van der Waals surface area (Å²) in [6.45, 7) is 4.35. The van der Waals surface area contributed by atoms with Crippen LogP contribution in [-0.2, 0) is 32.7 Å². The van der Waals surface area contributed by atoms with Gasteiger partial charge >= 0.3 is 11.9 Å². The average Bonchev–Trinajstić information content (AvgIpc) is 3.50. The van der Waals surface area contributed by atoms with Crippen LogP contribution in [-0.4, -0.2) is 70.0 Å². The number of esters is 2. The van der Waals surface area contributed by atoms with E-state index in [9.17, 15) is 19.0 Å². The Morgan fingerprint density at radius 1 is 0.318 bits per heavy atom. The number of likely N-dealkylation sites (N-methyl/N-ethyl adjacent to an activating group) is 1. The topological polar surface area (TPSA) is 111 Å². The van der Waals surface area contributed by atoms with Gasteiger partial charge in [-0.25, -0.2) is 0 Å². The quantitative estimate of drug-likeness (QED) is 0.0256. The molecule has 0 N–H and O–H groups in total. The van der Waals surface area contributed by atoms with Crippen LogP contribution >= 0.6 is 7.82 Å². The highest BCUT2D eigenvalue weighted by Crippen LogP contribution is 2.38. The Balaban J connectivity index is 3.92. The van der Waals surface area contributed by atoms with Gasteiger partial charge in [-0.1, -0.05) is 393 Å². The minimum atomic E-state index is -4.64. The largest absolute Gasteiger partial charge is 0.756 e. The standard InChI is InChI=1S/C75H150NO8P/c1-6-8-10-12-14-16-18-20-22-24-26-28-30-32-34-36-38-40-42-44-46-48-50-52-54-56-58-60-62-64-66-68-75(78)84-73(72-83-85(79,80)82-70-69-76(3,4)5)71-81-74(77)67-65-63-61-59-57-55-53-51-49-47-45-43-41-39-37-35-33-31-29-27-25-23-21-19-17-15-13-11-9-7-2/h73H,6-72H2,1-5H3. The molecule has 508 valence electrons. The third kappa shape index (κ3) is 72.0. The lowest BCUT2D eigenvalue weighted by Gasteiger charge is -2.28. The van der Waals surface area contributed by atoms with Crippen LogP contribution in [0.5, 0.6) is 0 Å². The number of hydrogen-bond donors (Lipinski definition) is 0. The molecule has 85 heavy (non-hydrogen) atoms. The van der Waals surface area contributed by atoms with Gasteiger partial charge in [0.15, 0.2) is 6.10 Å². The summed E-state index contributed by atoms with van der Waals surface area (Å²) >= 11 is 0. The molecule has 0 aliphatic carbocycles. The number of ether oxygens (including phenoxy) is 2. The fourth-order valence-electron chi connectivity index (χ4n) is 12.0. The molecule has 0 saturated heterocycles. The summed E-state index contributed by atoms with van der Waals surface area (Å²) in [4.78, 5) is 38.1. The van der Waals surface area contributed by atoms with E-state index in [2.05, 4.69) is 13.8 Å². The number of carbonyl (C=O) groups is 2. The summed E-state index contributed by atoms with van der Waals surface area (Å²) in [5.41, 5.74) is 0. The minimum absolute atomic E-state index is 0.0247. The lowest BCUT2D eigenvalue weighted by atomic mass is 10.0. The maximum Gasteiger partial charge on any atom is 0.306 e. The third-order valence-electron chi connectivity index (χ3n) is 17.9. The fraction of sp³-hybridized carbons (Fsp3) is 0.973.